The average Bonchev–Trinajstić information content (AvgIpc) is 3.20. The molecule has 166 valence electrons. The van der Waals surface area contributed by atoms with E-state index in [2.05, 4.69) is 5.01 Å². The van der Waals surface area contributed by atoms with Crippen molar-refractivity contribution in [2.45, 2.75) is 25.7 Å². The average molecular weight is 454 g/mol. The zero-order chi connectivity index (χ0) is 22.2. The standard InChI is InChI=1S/C25H25ClFN3O2/c1-32-19-8-5-17(6-9-19)24-16-20-22(30(24)23-10-7-18(27)15-21(23)26)11-14-29(25(20)31)28-12-3-2-4-13-28/h5-10,15-16H,2-4,11-14H2,1H3. The summed E-state index contributed by atoms with van der Waals surface area (Å²) in [4.78, 5) is 13.5. The normalized spacial score (nSPS) is 16.8. The minimum atomic E-state index is -0.391. The van der Waals surface area contributed by atoms with E-state index in [1.165, 1.54) is 18.6 Å². The number of benzene rings is 2. The molecular formula is C25H25ClFN3O2. The quantitative estimate of drug-likeness (QED) is 0.534. The lowest BCUT2D eigenvalue weighted by molar-refractivity contribution is -0.0237. The molecule has 3 aromatic rings. The Hall–Kier alpha value is -2.83. The highest BCUT2D eigenvalue weighted by Gasteiger charge is 2.33. The molecule has 3 heterocycles. The van der Waals surface area contributed by atoms with Crippen molar-refractivity contribution in [3.05, 3.63) is 70.6 Å². The highest BCUT2D eigenvalue weighted by Crippen LogP contribution is 2.36. The molecule has 0 atom stereocenters. The third-order valence-electron chi connectivity index (χ3n) is 6.34. The molecule has 2 aliphatic rings. The molecule has 0 unspecified atom stereocenters. The first-order valence-electron chi connectivity index (χ1n) is 11.0. The SMILES string of the molecule is COc1ccc(-c2cc3c(n2-c2ccc(F)cc2Cl)CCN(N2CCCCC2)C3=O)cc1. The van der Waals surface area contributed by atoms with Gasteiger partial charge in [-0.1, -0.05) is 18.0 Å². The first kappa shape index (κ1) is 21.0. The smallest absolute Gasteiger partial charge is 0.270 e. The number of methoxy groups -OCH3 is 1. The molecule has 2 aliphatic heterocycles. The minimum absolute atomic E-state index is 0.0138. The minimum Gasteiger partial charge on any atom is -0.497 e. The first-order chi connectivity index (χ1) is 15.6. The number of amides is 1. The van der Waals surface area contributed by atoms with Crippen LogP contribution in [0.3, 0.4) is 0 Å². The molecule has 1 fully saturated rings. The van der Waals surface area contributed by atoms with E-state index in [-0.39, 0.29) is 5.91 Å². The number of nitrogens with zero attached hydrogens (tertiary/aromatic N) is 3. The van der Waals surface area contributed by atoms with Gasteiger partial charge in [0.2, 0.25) is 0 Å². The van der Waals surface area contributed by atoms with E-state index in [0.717, 1.165) is 48.6 Å². The van der Waals surface area contributed by atoms with Crippen molar-refractivity contribution in [3.63, 3.8) is 0 Å². The van der Waals surface area contributed by atoms with Gasteiger partial charge in [-0.25, -0.2) is 9.40 Å². The van der Waals surface area contributed by atoms with Gasteiger partial charge in [-0.05, 0) is 66.9 Å². The Balaban J connectivity index is 1.64. The lowest BCUT2D eigenvalue weighted by Gasteiger charge is -2.39. The summed E-state index contributed by atoms with van der Waals surface area (Å²) >= 11 is 6.47. The lowest BCUT2D eigenvalue weighted by Crippen LogP contribution is -2.51. The van der Waals surface area contributed by atoms with Gasteiger partial charge >= 0.3 is 0 Å². The van der Waals surface area contributed by atoms with E-state index in [9.17, 15) is 9.18 Å². The Morgan fingerprint density at radius 2 is 1.72 bits per heavy atom. The van der Waals surface area contributed by atoms with Crippen molar-refractivity contribution in [2.24, 2.45) is 0 Å². The number of rotatable bonds is 4. The van der Waals surface area contributed by atoms with E-state index >= 15 is 0 Å². The molecular weight excluding hydrogens is 429 g/mol. The third kappa shape index (κ3) is 3.67. The van der Waals surface area contributed by atoms with Crippen LogP contribution in [0.2, 0.25) is 5.02 Å². The lowest BCUT2D eigenvalue weighted by atomic mass is 10.1. The fraction of sp³-hybridized carbons (Fsp3) is 0.320. The summed E-state index contributed by atoms with van der Waals surface area (Å²) in [5.41, 5.74) is 4.02. The number of carbonyl (C=O) groups excluding carboxylic acids is 1. The largest absolute Gasteiger partial charge is 0.497 e. The van der Waals surface area contributed by atoms with Gasteiger partial charge in [0, 0.05) is 31.7 Å². The summed E-state index contributed by atoms with van der Waals surface area (Å²) in [6.45, 7) is 2.45. The molecule has 1 aromatic heterocycles. The molecule has 0 N–H and O–H groups in total. The number of hydrazine groups is 1. The fourth-order valence-electron chi connectivity index (χ4n) is 4.73. The van der Waals surface area contributed by atoms with E-state index in [1.54, 1.807) is 13.2 Å². The summed E-state index contributed by atoms with van der Waals surface area (Å²) < 4.78 is 21.1. The molecule has 2 aromatic carbocycles. The highest BCUT2D eigenvalue weighted by molar-refractivity contribution is 6.32. The topological polar surface area (TPSA) is 37.7 Å². The maximum Gasteiger partial charge on any atom is 0.270 e. The fourth-order valence-corrected chi connectivity index (χ4v) is 4.99. The van der Waals surface area contributed by atoms with Gasteiger partial charge in [0.15, 0.2) is 0 Å². The van der Waals surface area contributed by atoms with Crippen LogP contribution in [0.15, 0.2) is 48.5 Å². The van der Waals surface area contributed by atoms with Gasteiger partial charge in [0.1, 0.15) is 11.6 Å². The maximum absolute atomic E-state index is 13.8. The zero-order valence-electron chi connectivity index (χ0n) is 18.0. The molecule has 0 spiro atoms. The van der Waals surface area contributed by atoms with Gasteiger partial charge in [-0.2, -0.15) is 0 Å². The number of hydrogen-bond donors (Lipinski definition) is 0. The van der Waals surface area contributed by atoms with Crippen LogP contribution in [0, 0.1) is 5.82 Å². The molecule has 7 heteroatoms. The zero-order valence-corrected chi connectivity index (χ0v) is 18.7. The van der Waals surface area contributed by atoms with E-state index in [1.807, 2.05) is 39.9 Å². The summed E-state index contributed by atoms with van der Waals surface area (Å²) in [6.07, 6.45) is 4.13. The number of carbonyl (C=O) groups is 1. The first-order valence-corrected chi connectivity index (χ1v) is 11.4. The predicted octanol–water partition coefficient (Wildman–Crippen LogP) is 5.34. The highest BCUT2D eigenvalue weighted by atomic mass is 35.5. The number of fused-ring (bicyclic) bond motifs is 1. The van der Waals surface area contributed by atoms with Crippen molar-refractivity contribution in [1.82, 2.24) is 14.6 Å². The Morgan fingerprint density at radius 1 is 0.969 bits per heavy atom. The summed E-state index contributed by atoms with van der Waals surface area (Å²) in [5.74, 6) is 0.377. The number of piperidine rings is 1. The van der Waals surface area contributed by atoms with E-state index < -0.39 is 5.82 Å². The van der Waals surface area contributed by atoms with E-state index in [4.69, 9.17) is 16.3 Å². The molecule has 5 rings (SSSR count). The Labute approximate surface area is 191 Å². The van der Waals surface area contributed by atoms with Crippen molar-refractivity contribution in [1.29, 1.82) is 0 Å². The Bertz CT molecular complexity index is 1150. The second-order valence-corrected chi connectivity index (χ2v) is 8.65. The van der Waals surface area contributed by atoms with Crippen LogP contribution in [0.25, 0.3) is 16.9 Å². The van der Waals surface area contributed by atoms with Gasteiger partial charge in [-0.15, -0.1) is 0 Å². The van der Waals surface area contributed by atoms with Crippen molar-refractivity contribution < 1.29 is 13.9 Å². The Kier molecular flexibility index (Phi) is 5.66. The van der Waals surface area contributed by atoms with Crippen LogP contribution in [-0.4, -0.2) is 47.2 Å². The molecule has 32 heavy (non-hydrogen) atoms. The van der Waals surface area contributed by atoms with Gasteiger partial charge in [0.05, 0.1) is 29.1 Å². The summed E-state index contributed by atoms with van der Waals surface area (Å²) in [5, 5.41) is 4.39. The van der Waals surface area contributed by atoms with E-state index in [0.29, 0.717) is 29.2 Å². The second kappa shape index (κ2) is 8.60. The van der Waals surface area contributed by atoms with Crippen LogP contribution in [-0.2, 0) is 6.42 Å². The van der Waals surface area contributed by atoms with Crippen molar-refractivity contribution in [3.8, 4) is 22.7 Å². The van der Waals surface area contributed by atoms with Crippen molar-refractivity contribution in [2.75, 3.05) is 26.7 Å². The van der Waals surface area contributed by atoms with Gasteiger partial charge in [-0.3, -0.25) is 9.80 Å². The Morgan fingerprint density at radius 3 is 2.41 bits per heavy atom. The molecule has 1 amide bonds. The maximum atomic E-state index is 13.8. The number of aromatic nitrogens is 1. The predicted molar refractivity (Wildman–Crippen MR) is 123 cm³/mol. The molecule has 0 bridgehead atoms. The molecule has 0 saturated carbocycles. The van der Waals surface area contributed by atoms with Crippen LogP contribution in [0.4, 0.5) is 4.39 Å². The van der Waals surface area contributed by atoms with Gasteiger partial charge in [0.25, 0.3) is 5.91 Å². The van der Waals surface area contributed by atoms with Crippen LogP contribution in [0.1, 0.15) is 35.3 Å². The number of ether oxygens (including phenoxy) is 1. The molecule has 0 radical (unpaired) electrons. The summed E-state index contributed by atoms with van der Waals surface area (Å²) in [7, 11) is 1.63. The van der Waals surface area contributed by atoms with Crippen LogP contribution >= 0.6 is 11.6 Å². The molecule has 0 aliphatic carbocycles. The summed E-state index contributed by atoms with van der Waals surface area (Å²) in [6, 6.07) is 14.0. The number of hydrogen-bond acceptors (Lipinski definition) is 3. The van der Waals surface area contributed by atoms with Gasteiger partial charge < -0.3 is 9.30 Å². The number of halogens is 2. The second-order valence-electron chi connectivity index (χ2n) is 8.24. The molecule has 1 saturated heterocycles. The van der Waals surface area contributed by atoms with Crippen LogP contribution in [0.5, 0.6) is 5.75 Å². The molecule has 5 nitrogen and oxygen atoms in total. The monoisotopic (exact) mass is 453 g/mol. The van der Waals surface area contributed by atoms with Crippen LogP contribution < -0.4 is 4.74 Å². The third-order valence-corrected chi connectivity index (χ3v) is 6.64. The van der Waals surface area contributed by atoms with Crippen molar-refractivity contribution >= 4 is 17.5 Å².